The van der Waals surface area contributed by atoms with Crippen LogP contribution in [0.5, 0.6) is 0 Å². The van der Waals surface area contributed by atoms with Gasteiger partial charge in [-0.15, -0.1) is 0 Å². The number of hydrogen-bond donors (Lipinski definition) is 0. The number of fused-ring (bicyclic) bond motifs is 24. The lowest BCUT2D eigenvalue weighted by atomic mass is 9.86. The SMILES string of the molecule is CC(C)(C)c1ccc2c(c1)c1ccccc1n2-c1cccc(-c2cccc(-n3c4ccccc4c4ccccc43)c2)c1.[2H]c1c([2H])c([2H])c2c(c1[2H])c1c([2H])c([2H])c([2H])c([2H])c1n2-c1cccc(-c2cccc(-n3c4c([2H])c([2H])c([2H])c([2H])c4c4c([2H])c([2H])c([2H])c([2H])c43)c2)c1.[2H]c1c([2H])c([2H])c2c(c1[2H])c1c([2H])c([2H])c([2H])c([2H])c1n2-c1cccc(-c2cccc(-n3c4ccccc4c4ccccc43)c2)c1.[2H]c1c([2H])c([2H])c2c(c1[2H])c1c([2H])c([2H])c([2H])c([2H])c1n2-c1cccc(-n2c3c([2H])c([2H])c([2H])c([2H])c3c3c([2H])c([2H])c([2H])c([2H])c32)c1. The molecule has 0 bridgehead atoms. The Labute approximate surface area is 923 Å². The van der Waals surface area contributed by atoms with Crippen LogP contribution in [-0.2, 0) is 5.41 Å². The largest absolute Gasteiger partial charge is 0.309 e. The van der Waals surface area contributed by atoms with Gasteiger partial charge in [-0.3, -0.25) is 0 Å². The second-order valence-electron chi connectivity index (χ2n) is 37.3. The van der Waals surface area contributed by atoms with Gasteiger partial charge in [0, 0.05) is 132 Å². The minimum atomic E-state index is -0.600. The molecule has 0 aliphatic rings. The fraction of sp³-hybridized carbons (Fsp3) is 0.0282. The summed E-state index contributed by atoms with van der Waals surface area (Å²) in [5.74, 6) is 0. The first-order valence-electron chi connectivity index (χ1n) is 68.5. The van der Waals surface area contributed by atoms with Crippen molar-refractivity contribution in [2.75, 3.05) is 0 Å². The van der Waals surface area contributed by atoms with Crippen LogP contribution in [0.1, 0.15) is 81.2 Å². The van der Waals surface area contributed by atoms with Crippen LogP contribution in [0, 0.1) is 0 Å². The predicted octanol–water partition coefficient (Wildman–Crippen LogP) is 37.8. The normalized spacial score (nSPS) is 15.6. The zero-order chi connectivity index (χ0) is 134. The third kappa shape index (κ3) is 14.9. The zero-order valence-electron chi connectivity index (χ0n) is 120. The van der Waals surface area contributed by atoms with Crippen LogP contribution in [0.3, 0.4) is 0 Å². The maximum Gasteiger partial charge on any atom is 0.0645 e. The van der Waals surface area contributed by atoms with E-state index in [9.17, 15) is 0 Å². The van der Waals surface area contributed by atoms with Gasteiger partial charge in [-0.2, -0.15) is 0 Å². The van der Waals surface area contributed by atoms with Gasteiger partial charge in [0.25, 0.3) is 0 Å². The van der Waals surface area contributed by atoms with E-state index in [4.69, 9.17) is 54.8 Å². The molecule has 8 heteroatoms. The molecule has 0 aliphatic heterocycles. The first kappa shape index (κ1) is 56.1. The Bertz CT molecular complexity index is 12600. The number of aromatic nitrogens is 8. The van der Waals surface area contributed by atoms with E-state index in [0.29, 0.717) is 28.2 Å². The molecule has 23 aromatic carbocycles. The summed E-state index contributed by atoms with van der Waals surface area (Å²) >= 11 is 0. The van der Waals surface area contributed by atoms with Gasteiger partial charge in [-0.05, 0) is 238 Å². The van der Waals surface area contributed by atoms with E-state index in [-0.39, 0.29) is 150 Å². The molecule has 150 heavy (non-hydrogen) atoms. The van der Waals surface area contributed by atoms with Crippen LogP contribution in [0.4, 0.5) is 0 Å². The van der Waals surface area contributed by atoms with Crippen molar-refractivity contribution in [2.45, 2.75) is 26.2 Å². The van der Waals surface area contributed by atoms with E-state index in [1.54, 1.807) is 59.2 Å². The Balaban J connectivity index is 0.000000114. The molecule has 0 amide bonds. The maximum absolute atomic E-state index is 8.84. The van der Waals surface area contributed by atoms with Gasteiger partial charge in [0.15, 0.2) is 0 Å². The second kappa shape index (κ2) is 36.3. The van der Waals surface area contributed by atoms with Crippen molar-refractivity contribution < 1.29 is 54.8 Å². The number of hydrogen-bond acceptors (Lipinski definition) is 0. The Morgan fingerprint density at radius 1 is 0.133 bits per heavy atom. The van der Waals surface area contributed by atoms with Gasteiger partial charge in [0.2, 0.25) is 0 Å². The highest BCUT2D eigenvalue weighted by molar-refractivity contribution is 6.17. The van der Waals surface area contributed by atoms with Crippen LogP contribution in [-0.4, -0.2) is 36.5 Å². The molecule has 0 spiro atoms. The standard InChI is InChI=1S/C40H32N2.2C36H24N2.C30H20N2/c1-40(2,3)29-22-23-39-35(26-29)34-18-6-9-21-38(34)42(39)31-15-11-13-28(25-31)27-12-10-14-30(24-27)41-36-19-7-4-16-32(36)33-17-5-8-20-37(33)41;2*1-5-19-33-29(15-1)30-16-2-6-20-34(30)37(33)27-13-9-11-25(23-27)26-12-10-14-28(24-26)38-35-21-7-3-17-31(35)32-18-4-8-22-36(32)38;1-5-16-27-23(12-1)24-13-2-6-17-28(24)31(27)21-10-9-11-22(20-21)32-29-18-7-3-14-25(29)26-15-4-8-19-30(26)32/h4-26H,1-3H3;2*1-24H;1-20H/i;1D,2D,3D,4D,5D,6D,7D,8D,15D,16D,17D,18D,19D,20D,21D,22D;1D,2D,5D,6D,15D,16D,19D,20D;1D,2D,3D,4D,5D,6D,7D,8D,12D,13D,14D,15D,16D,17D,18D,19D. The molecule has 31 rings (SSSR count). The minimum absolute atomic E-state index is 0.0394. The smallest absolute Gasteiger partial charge is 0.0645 e. The molecule has 31 aromatic rings. The molecular formula is C142H100N8. The van der Waals surface area contributed by atoms with E-state index in [1.165, 1.54) is 114 Å². The zero-order valence-corrected chi connectivity index (χ0v) is 80.0. The molecule has 0 aliphatic carbocycles. The molecule has 0 saturated carbocycles. The second-order valence-corrected chi connectivity index (χ2v) is 37.3. The lowest BCUT2D eigenvalue weighted by Crippen LogP contribution is -2.10. The van der Waals surface area contributed by atoms with E-state index in [2.05, 4.69) is 210 Å². The van der Waals surface area contributed by atoms with E-state index in [0.717, 1.165) is 38.6 Å². The highest BCUT2D eigenvalue weighted by Crippen LogP contribution is 2.45. The van der Waals surface area contributed by atoms with Crippen LogP contribution >= 0.6 is 0 Å². The summed E-state index contributed by atoms with van der Waals surface area (Å²) < 4.78 is 356. The first-order valence-corrected chi connectivity index (χ1v) is 48.5. The quantitative estimate of drug-likeness (QED) is 0.124. The fourth-order valence-corrected chi connectivity index (χ4v) is 21.2. The highest BCUT2D eigenvalue weighted by Gasteiger charge is 2.25. The van der Waals surface area contributed by atoms with E-state index in [1.807, 2.05) is 54.6 Å². The van der Waals surface area contributed by atoms with Crippen molar-refractivity contribution in [3.63, 3.8) is 0 Å². The average Bonchev–Trinajstić information content (AvgIpc) is 1.54. The first-order chi connectivity index (χ1) is 90.7. The Morgan fingerprint density at radius 3 is 0.493 bits per heavy atom. The van der Waals surface area contributed by atoms with Crippen molar-refractivity contribution >= 4 is 174 Å². The van der Waals surface area contributed by atoms with Crippen molar-refractivity contribution in [2.24, 2.45) is 0 Å². The average molecular weight is 1960 g/mol. The number of nitrogens with zero attached hydrogens (tertiary/aromatic N) is 8. The van der Waals surface area contributed by atoms with Crippen molar-refractivity contribution in [3.05, 3.63) is 557 Å². The number of benzene rings is 23. The molecule has 8 heterocycles. The molecule has 0 radical (unpaired) electrons. The number of rotatable bonds is 11. The third-order valence-corrected chi connectivity index (χ3v) is 27.8. The summed E-state index contributed by atoms with van der Waals surface area (Å²) in [5, 5.41) is 6.83. The fourth-order valence-electron chi connectivity index (χ4n) is 21.2. The Kier molecular flexibility index (Phi) is 13.6. The summed E-state index contributed by atoms with van der Waals surface area (Å²) in [6.45, 7) is 6.85. The summed E-state index contributed by atoms with van der Waals surface area (Å²) in [4.78, 5) is 0. The predicted molar refractivity (Wildman–Crippen MR) is 635 cm³/mol. The molecular weight excluding hydrogens is 1820 g/mol. The van der Waals surface area contributed by atoms with Crippen LogP contribution in [0.2, 0.25) is 0 Å². The lowest BCUT2D eigenvalue weighted by molar-refractivity contribution is 0.591. The van der Waals surface area contributed by atoms with Gasteiger partial charge in [-0.1, -0.05) is 378 Å². The lowest BCUT2D eigenvalue weighted by Gasteiger charge is -2.19. The molecule has 0 unspecified atom stereocenters. The summed E-state index contributed by atoms with van der Waals surface area (Å²) in [7, 11) is 0. The molecule has 0 saturated heterocycles. The van der Waals surface area contributed by atoms with E-state index >= 15 is 0 Å². The van der Waals surface area contributed by atoms with Gasteiger partial charge in [0.05, 0.1) is 143 Å². The maximum atomic E-state index is 8.84. The summed E-state index contributed by atoms with van der Waals surface area (Å²) in [6, 6.07) is 82.7. The summed E-state index contributed by atoms with van der Waals surface area (Å²) in [5.41, 5.74) is 18.0. The monoisotopic (exact) mass is 1960 g/mol. The van der Waals surface area contributed by atoms with Gasteiger partial charge >= 0.3 is 0 Å². The van der Waals surface area contributed by atoms with Crippen molar-refractivity contribution in [1.82, 2.24) is 36.5 Å². The Hall–Kier alpha value is -19.5. The van der Waals surface area contributed by atoms with Crippen LogP contribution < -0.4 is 0 Å². The summed E-state index contributed by atoms with van der Waals surface area (Å²) in [6.07, 6.45) is 0. The van der Waals surface area contributed by atoms with Crippen molar-refractivity contribution in [1.29, 1.82) is 0 Å². The molecule has 0 fully saturated rings. The van der Waals surface area contributed by atoms with E-state index < -0.39 is 218 Å². The topological polar surface area (TPSA) is 39.4 Å². The molecule has 8 aromatic heterocycles. The van der Waals surface area contributed by atoms with Gasteiger partial charge in [0.1, 0.15) is 0 Å². The minimum Gasteiger partial charge on any atom is -0.309 e. The highest BCUT2D eigenvalue weighted by atomic mass is 15.0. The van der Waals surface area contributed by atoms with Gasteiger partial charge in [-0.25, -0.2) is 0 Å². The molecule has 0 atom stereocenters. The molecule has 708 valence electrons. The molecule has 8 nitrogen and oxygen atoms in total. The third-order valence-electron chi connectivity index (χ3n) is 27.8. The Morgan fingerprint density at radius 2 is 0.293 bits per heavy atom. The van der Waals surface area contributed by atoms with Gasteiger partial charge < -0.3 is 36.5 Å². The van der Waals surface area contributed by atoms with Crippen LogP contribution in [0.15, 0.2) is 551 Å². The molecule has 0 N–H and O–H groups in total. The van der Waals surface area contributed by atoms with Crippen molar-refractivity contribution in [3.8, 4) is 78.9 Å². The van der Waals surface area contributed by atoms with Crippen LogP contribution in [0.25, 0.3) is 253 Å². The number of para-hydroxylation sites is 15.